The molecular weight excluding hydrogens is 402 g/mol. The summed E-state index contributed by atoms with van der Waals surface area (Å²) in [6, 6.07) is 10.1. The monoisotopic (exact) mass is 425 g/mol. The molecule has 0 aromatic heterocycles. The molecule has 1 aliphatic carbocycles. The van der Waals surface area contributed by atoms with E-state index in [0.717, 1.165) is 25.7 Å². The Balaban J connectivity index is 1.66. The second-order valence-electron chi connectivity index (χ2n) is 6.86. The Morgan fingerprint density at radius 2 is 1.43 bits per heavy atom. The largest absolute Gasteiger partial charge is 0.508 e. The summed E-state index contributed by atoms with van der Waals surface area (Å²) in [5.74, 6) is 0.301. The molecule has 7 nitrogen and oxygen atoms in total. The fourth-order valence-electron chi connectivity index (χ4n) is 3.16. The van der Waals surface area contributed by atoms with Gasteiger partial charge in [0, 0.05) is 6.54 Å². The predicted octanol–water partition coefficient (Wildman–Crippen LogP) is 3.02. The van der Waals surface area contributed by atoms with E-state index in [0.29, 0.717) is 12.5 Å². The van der Waals surface area contributed by atoms with Gasteiger partial charge >= 0.3 is 10.1 Å². The van der Waals surface area contributed by atoms with E-state index >= 15 is 0 Å². The number of hydrogen-bond acceptors (Lipinski definition) is 6. The highest BCUT2D eigenvalue weighted by Crippen LogP contribution is 2.24. The number of benzene rings is 2. The molecule has 3 rings (SSSR count). The van der Waals surface area contributed by atoms with Crippen LogP contribution in [-0.2, 0) is 20.1 Å². The van der Waals surface area contributed by atoms with Gasteiger partial charge < -0.3 is 9.29 Å². The molecule has 0 saturated heterocycles. The molecule has 0 atom stereocenters. The number of phenols is 1. The van der Waals surface area contributed by atoms with Crippen molar-refractivity contribution in [1.82, 2.24) is 4.72 Å². The molecule has 2 N–H and O–H groups in total. The molecule has 28 heavy (non-hydrogen) atoms. The third-order valence-corrected chi connectivity index (χ3v) is 7.45. The molecule has 0 spiro atoms. The second kappa shape index (κ2) is 8.50. The van der Waals surface area contributed by atoms with E-state index in [2.05, 4.69) is 4.72 Å². The molecule has 2 aromatic rings. The SMILES string of the molecule is O=S(=O)(NCC1CCCCC1)c1ccc(OS(=O)(=O)c2ccc(O)cc2)cc1. The van der Waals surface area contributed by atoms with Crippen LogP contribution in [0.25, 0.3) is 0 Å². The highest BCUT2D eigenvalue weighted by molar-refractivity contribution is 7.89. The first-order chi connectivity index (χ1) is 13.3. The molecule has 0 amide bonds. The van der Waals surface area contributed by atoms with Gasteiger partial charge in [-0.2, -0.15) is 8.42 Å². The van der Waals surface area contributed by atoms with Crippen molar-refractivity contribution >= 4 is 20.1 Å². The summed E-state index contributed by atoms with van der Waals surface area (Å²) in [5.41, 5.74) is 0. The topological polar surface area (TPSA) is 110 Å². The minimum atomic E-state index is -4.08. The van der Waals surface area contributed by atoms with Crippen LogP contribution in [0.15, 0.2) is 58.3 Å². The van der Waals surface area contributed by atoms with E-state index in [1.807, 2.05) is 0 Å². The molecule has 0 radical (unpaired) electrons. The molecular formula is C19H23NO6S2. The van der Waals surface area contributed by atoms with Crippen molar-refractivity contribution in [2.75, 3.05) is 6.54 Å². The summed E-state index contributed by atoms with van der Waals surface area (Å²) < 4.78 is 57.0. The molecule has 0 unspecified atom stereocenters. The lowest BCUT2D eigenvalue weighted by atomic mass is 9.90. The van der Waals surface area contributed by atoms with Crippen LogP contribution in [0.3, 0.4) is 0 Å². The van der Waals surface area contributed by atoms with Gasteiger partial charge in [0.15, 0.2) is 0 Å². The maximum Gasteiger partial charge on any atom is 0.339 e. The van der Waals surface area contributed by atoms with Crippen molar-refractivity contribution in [2.45, 2.75) is 41.9 Å². The number of aromatic hydroxyl groups is 1. The minimum Gasteiger partial charge on any atom is -0.508 e. The lowest BCUT2D eigenvalue weighted by Gasteiger charge is -2.21. The first-order valence-electron chi connectivity index (χ1n) is 9.09. The summed E-state index contributed by atoms with van der Waals surface area (Å²) in [6.45, 7) is 0.413. The van der Waals surface area contributed by atoms with Crippen molar-refractivity contribution in [2.24, 2.45) is 5.92 Å². The highest BCUT2D eigenvalue weighted by atomic mass is 32.2. The van der Waals surface area contributed by atoms with Gasteiger partial charge in [-0.1, -0.05) is 19.3 Å². The van der Waals surface area contributed by atoms with E-state index in [1.54, 1.807) is 0 Å². The second-order valence-corrected chi connectivity index (χ2v) is 10.2. The van der Waals surface area contributed by atoms with Crippen LogP contribution in [0.1, 0.15) is 32.1 Å². The van der Waals surface area contributed by atoms with Gasteiger partial charge in [0.1, 0.15) is 16.4 Å². The zero-order valence-corrected chi connectivity index (χ0v) is 16.9. The summed E-state index contributed by atoms with van der Waals surface area (Å²) >= 11 is 0. The fourth-order valence-corrected chi connectivity index (χ4v) is 5.21. The fraction of sp³-hybridized carbons (Fsp3) is 0.368. The summed E-state index contributed by atoms with van der Waals surface area (Å²) in [7, 11) is -7.74. The Hall–Kier alpha value is -2.10. The lowest BCUT2D eigenvalue weighted by molar-refractivity contribution is 0.357. The molecule has 1 saturated carbocycles. The summed E-state index contributed by atoms with van der Waals surface area (Å²) in [4.78, 5) is -0.0613. The molecule has 0 aliphatic heterocycles. The molecule has 1 fully saturated rings. The van der Waals surface area contributed by atoms with Crippen molar-refractivity contribution in [3.05, 3.63) is 48.5 Å². The Bertz CT molecular complexity index is 993. The van der Waals surface area contributed by atoms with Gasteiger partial charge in [-0.25, -0.2) is 13.1 Å². The van der Waals surface area contributed by atoms with Crippen LogP contribution in [0.4, 0.5) is 0 Å². The first-order valence-corrected chi connectivity index (χ1v) is 12.0. The van der Waals surface area contributed by atoms with Crippen molar-refractivity contribution in [3.63, 3.8) is 0 Å². The molecule has 9 heteroatoms. The van der Waals surface area contributed by atoms with Crippen LogP contribution in [0, 0.1) is 5.92 Å². The van der Waals surface area contributed by atoms with E-state index < -0.39 is 20.1 Å². The average Bonchev–Trinajstić information content (AvgIpc) is 2.68. The highest BCUT2D eigenvalue weighted by Gasteiger charge is 2.20. The molecule has 152 valence electrons. The van der Waals surface area contributed by atoms with Gasteiger partial charge in [-0.05, 0) is 67.3 Å². The van der Waals surface area contributed by atoms with E-state index in [9.17, 15) is 21.9 Å². The van der Waals surface area contributed by atoms with Gasteiger partial charge in [0.25, 0.3) is 0 Å². The Kier molecular flexibility index (Phi) is 6.26. The quantitative estimate of drug-likeness (QED) is 0.660. The van der Waals surface area contributed by atoms with Gasteiger partial charge in [0.2, 0.25) is 10.0 Å². The van der Waals surface area contributed by atoms with Crippen molar-refractivity contribution < 1.29 is 26.1 Å². The number of phenolic OH excluding ortho intramolecular Hbond substituents is 1. The van der Waals surface area contributed by atoms with Gasteiger partial charge in [-0.3, -0.25) is 0 Å². The van der Waals surface area contributed by atoms with E-state index in [1.165, 1.54) is 55.0 Å². The summed E-state index contributed by atoms with van der Waals surface area (Å²) in [5, 5.41) is 9.25. The number of sulfonamides is 1. The number of rotatable bonds is 7. The molecule has 0 heterocycles. The zero-order chi connectivity index (χ0) is 20.2. The van der Waals surface area contributed by atoms with Crippen LogP contribution >= 0.6 is 0 Å². The first kappa shape index (κ1) is 20.6. The average molecular weight is 426 g/mol. The van der Waals surface area contributed by atoms with E-state index in [4.69, 9.17) is 4.18 Å². The minimum absolute atomic E-state index is 0.000643. The molecule has 0 bridgehead atoms. The molecule has 2 aromatic carbocycles. The third-order valence-electron chi connectivity index (χ3n) is 4.75. The zero-order valence-electron chi connectivity index (χ0n) is 15.2. The van der Waals surface area contributed by atoms with Gasteiger partial charge in [-0.15, -0.1) is 0 Å². The van der Waals surface area contributed by atoms with Crippen LogP contribution in [0.5, 0.6) is 11.5 Å². The third kappa shape index (κ3) is 5.24. The molecule has 1 aliphatic rings. The Labute approximate surface area is 165 Å². The predicted molar refractivity (Wildman–Crippen MR) is 104 cm³/mol. The van der Waals surface area contributed by atoms with Crippen LogP contribution in [0.2, 0.25) is 0 Å². The number of nitrogens with one attached hydrogen (secondary N) is 1. The standard InChI is InChI=1S/C19H23NO6S2/c21-16-6-10-19(11-7-16)28(24,25)26-17-8-12-18(13-9-17)27(22,23)20-14-15-4-2-1-3-5-15/h6-13,15,20-21H,1-5,14H2. The van der Waals surface area contributed by atoms with Crippen molar-refractivity contribution in [3.8, 4) is 11.5 Å². The Morgan fingerprint density at radius 3 is 2.04 bits per heavy atom. The normalized spacial score (nSPS) is 16.0. The lowest BCUT2D eigenvalue weighted by Crippen LogP contribution is -2.30. The Morgan fingerprint density at radius 1 is 0.857 bits per heavy atom. The smallest absolute Gasteiger partial charge is 0.339 e. The maximum absolute atomic E-state index is 12.4. The van der Waals surface area contributed by atoms with Gasteiger partial charge in [0.05, 0.1) is 4.90 Å². The van der Waals surface area contributed by atoms with Crippen LogP contribution < -0.4 is 8.91 Å². The summed E-state index contributed by atoms with van der Waals surface area (Å²) in [6.07, 6.45) is 5.54. The maximum atomic E-state index is 12.4. The van der Waals surface area contributed by atoms with E-state index in [-0.39, 0.29) is 21.3 Å². The van der Waals surface area contributed by atoms with Crippen molar-refractivity contribution in [1.29, 1.82) is 0 Å². The number of hydrogen-bond donors (Lipinski definition) is 2. The van der Waals surface area contributed by atoms with Crippen LogP contribution in [-0.4, -0.2) is 28.5 Å².